The number of carbonyl (C=O) groups is 2. The first kappa shape index (κ1) is 17.5. The summed E-state index contributed by atoms with van der Waals surface area (Å²) < 4.78 is 2.10. The van der Waals surface area contributed by atoms with Gasteiger partial charge in [-0.3, -0.25) is 9.59 Å². The number of nitrogens with zero attached hydrogens (tertiary/aromatic N) is 2. The maximum atomic E-state index is 12.6. The molecule has 1 aliphatic heterocycles. The van der Waals surface area contributed by atoms with E-state index in [1.165, 1.54) is 0 Å². The lowest BCUT2D eigenvalue weighted by Crippen LogP contribution is -2.37. The maximum Gasteiger partial charge on any atom is 0.253 e. The Bertz CT molecular complexity index is 828. The Kier molecular flexibility index (Phi) is 4.86. The molecule has 5 nitrogen and oxygen atoms in total. The quantitative estimate of drug-likeness (QED) is 0.910. The van der Waals surface area contributed by atoms with Crippen molar-refractivity contribution in [3.63, 3.8) is 0 Å². The molecule has 1 aromatic heterocycles. The first-order chi connectivity index (χ1) is 11.9. The number of halogens is 1. The Morgan fingerprint density at radius 2 is 2.08 bits per heavy atom. The molecular weight excluding hydrogens is 338 g/mol. The van der Waals surface area contributed by atoms with Crippen LogP contribution in [0.5, 0.6) is 0 Å². The Morgan fingerprint density at radius 1 is 1.32 bits per heavy atom. The van der Waals surface area contributed by atoms with E-state index in [0.29, 0.717) is 23.6 Å². The molecule has 1 saturated heterocycles. The number of rotatable bonds is 4. The van der Waals surface area contributed by atoms with Crippen LogP contribution in [0.2, 0.25) is 5.02 Å². The number of carbonyl (C=O) groups excluding carboxylic acids is 2. The first-order valence-corrected chi connectivity index (χ1v) is 8.82. The van der Waals surface area contributed by atoms with E-state index in [2.05, 4.69) is 16.8 Å². The van der Waals surface area contributed by atoms with Gasteiger partial charge in [-0.25, -0.2) is 0 Å². The average Bonchev–Trinajstić information content (AvgIpc) is 3.06. The molecule has 0 unspecified atom stereocenters. The molecule has 1 atom stereocenters. The van der Waals surface area contributed by atoms with Crippen LogP contribution in [0, 0.1) is 13.8 Å². The van der Waals surface area contributed by atoms with E-state index >= 15 is 0 Å². The summed E-state index contributed by atoms with van der Waals surface area (Å²) in [4.78, 5) is 26.6. The lowest BCUT2D eigenvalue weighted by atomic mass is 10.2. The van der Waals surface area contributed by atoms with Gasteiger partial charge in [-0.2, -0.15) is 0 Å². The Hall–Kier alpha value is -2.27. The highest BCUT2D eigenvalue weighted by Gasteiger charge is 2.32. The number of benzene rings is 1. The second-order valence-corrected chi connectivity index (χ2v) is 6.82. The van der Waals surface area contributed by atoms with E-state index in [9.17, 15) is 9.59 Å². The van der Waals surface area contributed by atoms with Crippen molar-refractivity contribution in [2.75, 3.05) is 11.4 Å². The predicted octanol–water partition coefficient (Wildman–Crippen LogP) is 3.31. The van der Waals surface area contributed by atoms with E-state index in [1.54, 1.807) is 17.0 Å². The monoisotopic (exact) mass is 359 g/mol. The molecule has 3 rings (SSSR count). The molecule has 132 valence electrons. The zero-order valence-corrected chi connectivity index (χ0v) is 15.4. The summed E-state index contributed by atoms with van der Waals surface area (Å²) in [6.07, 6.45) is 0.296. The number of amides is 2. The summed E-state index contributed by atoms with van der Waals surface area (Å²) in [7, 11) is 0. The fourth-order valence-corrected chi connectivity index (χ4v) is 3.66. The van der Waals surface area contributed by atoms with E-state index in [4.69, 9.17) is 11.6 Å². The van der Waals surface area contributed by atoms with Gasteiger partial charge in [0.05, 0.1) is 11.6 Å². The van der Waals surface area contributed by atoms with Gasteiger partial charge in [0, 0.05) is 41.6 Å². The molecule has 0 saturated carbocycles. The van der Waals surface area contributed by atoms with Gasteiger partial charge in [0.15, 0.2) is 0 Å². The fourth-order valence-electron chi connectivity index (χ4n) is 3.48. The van der Waals surface area contributed by atoms with Crippen LogP contribution < -0.4 is 10.2 Å². The molecule has 0 bridgehead atoms. The molecule has 1 N–H and O–H groups in total. The molecular formula is C19H22ClN3O2. The average molecular weight is 360 g/mol. The van der Waals surface area contributed by atoms with Crippen molar-refractivity contribution in [3.8, 4) is 0 Å². The third kappa shape index (κ3) is 3.42. The number of hydrogen-bond donors (Lipinski definition) is 1. The standard InChI is InChI=1S/C19H22ClN3O2/c1-4-22-12(2)8-17(13(22)3)19(25)21-15-10-18(24)23(11-15)16-7-5-6-14(20)9-16/h5-9,15H,4,10-11H2,1-3H3,(H,21,25)/t15-/m0/s1. The van der Waals surface area contributed by atoms with E-state index in [0.717, 1.165) is 23.6 Å². The summed E-state index contributed by atoms with van der Waals surface area (Å²) in [5.41, 5.74) is 3.45. The van der Waals surface area contributed by atoms with Crippen LogP contribution in [-0.2, 0) is 11.3 Å². The van der Waals surface area contributed by atoms with E-state index in [1.807, 2.05) is 32.0 Å². The number of hydrogen-bond acceptors (Lipinski definition) is 2. The molecule has 1 aliphatic rings. The van der Waals surface area contributed by atoms with Crippen LogP contribution in [0.3, 0.4) is 0 Å². The van der Waals surface area contributed by atoms with E-state index < -0.39 is 0 Å². The highest BCUT2D eigenvalue weighted by atomic mass is 35.5. The minimum atomic E-state index is -0.205. The largest absolute Gasteiger partial charge is 0.349 e. The van der Waals surface area contributed by atoms with Gasteiger partial charge in [-0.1, -0.05) is 17.7 Å². The van der Waals surface area contributed by atoms with Gasteiger partial charge in [-0.15, -0.1) is 0 Å². The smallest absolute Gasteiger partial charge is 0.253 e. The summed E-state index contributed by atoms with van der Waals surface area (Å²) in [6.45, 7) is 7.28. The third-order valence-corrected chi connectivity index (χ3v) is 4.95. The van der Waals surface area contributed by atoms with Crippen molar-refractivity contribution in [1.82, 2.24) is 9.88 Å². The minimum Gasteiger partial charge on any atom is -0.349 e. The molecule has 1 fully saturated rings. The molecule has 0 aliphatic carbocycles. The molecule has 6 heteroatoms. The molecule has 25 heavy (non-hydrogen) atoms. The van der Waals surface area contributed by atoms with Gasteiger partial charge >= 0.3 is 0 Å². The fraction of sp³-hybridized carbons (Fsp3) is 0.368. The number of nitrogens with one attached hydrogen (secondary N) is 1. The molecule has 1 aromatic carbocycles. The Morgan fingerprint density at radius 3 is 2.72 bits per heavy atom. The zero-order chi connectivity index (χ0) is 18.1. The molecule has 0 radical (unpaired) electrons. The first-order valence-electron chi connectivity index (χ1n) is 8.44. The van der Waals surface area contributed by atoms with Gasteiger partial charge in [-0.05, 0) is 45.0 Å². The molecule has 0 spiro atoms. The summed E-state index contributed by atoms with van der Waals surface area (Å²) in [5.74, 6) is -0.134. The van der Waals surface area contributed by atoms with Crippen LogP contribution in [0.4, 0.5) is 5.69 Å². The second kappa shape index (κ2) is 6.92. The van der Waals surface area contributed by atoms with E-state index in [-0.39, 0.29) is 17.9 Å². The lowest BCUT2D eigenvalue weighted by Gasteiger charge is -2.17. The Balaban J connectivity index is 1.72. The number of aromatic nitrogens is 1. The highest BCUT2D eigenvalue weighted by Crippen LogP contribution is 2.25. The summed E-state index contributed by atoms with van der Waals surface area (Å²) >= 11 is 6.01. The molecule has 2 heterocycles. The minimum absolute atomic E-state index is 0.00778. The SMILES string of the molecule is CCn1c(C)cc(C(=O)N[C@H]2CC(=O)N(c3cccc(Cl)c3)C2)c1C. The molecule has 2 aromatic rings. The number of anilines is 1. The van der Waals surface area contributed by atoms with Gasteiger partial charge in [0.1, 0.15) is 0 Å². The van der Waals surface area contributed by atoms with Crippen LogP contribution in [0.15, 0.2) is 30.3 Å². The third-order valence-electron chi connectivity index (χ3n) is 4.71. The van der Waals surface area contributed by atoms with Gasteiger partial charge < -0.3 is 14.8 Å². The van der Waals surface area contributed by atoms with Crippen molar-refractivity contribution in [2.45, 2.75) is 39.8 Å². The second-order valence-electron chi connectivity index (χ2n) is 6.39. The Labute approximate surface area is 152 Å². The summed E-state index contributed by atoms with van der Waals surface area (Å²) in [6, 6.07) is 8.90. The van der Waals surface area contributed by atoms with Crippen molar-refractivity contribution in [3.05, 3.63) is 52.3 Å². The van der Waals surface area contributed by atoms with Crippen LogP contribution in [0.1, 0.15) is 35.1 Å². The highest BCUT2D eigenvalue weighted by molar-refractivity contribution is 6.30. The van der Waals surface area contributed by atoms with Crippen molar-refractivity contribution in [1.29, 1.82) is 0 Å². The van der Waals surface area contributed by atoms with Crippen molar-refractivity contribution < 1.29 is 9.59 Å². The van der Waals surface area contributed by atoms with Gasteiger partial charge in [0.25, 0.3) is 5.91 Å². The van der Waals surface area contributed by atoms with Crippen LogP contribution >= 0.6 is 11.6 Å². The van der Waals surface area contributed by atoms with Crippen molar-refractivity contribution in [2.24, 2.45) is 0 Å². The lowest BCUT2D eigenvalue weighted by molar-refractivity contribution is -0.117. The number of aryl methyl sites for hydroxylation is 1. The van der Waals surface area contributed by atoms with Gasteiger partial charge in [0.2, 0.25) is 5.91 Å². The van der Waals surface area contributed by atoms with Crippen LogP contribution in [-0.4, -0.2) is 29.0 Å². The van der Waals surface area contributed by atoms with Crippen molar-refractivity contribution >= 4 is 29.1 Å². The molecule has 2 amide bonds. The maximum absolute atomic E-state index is 12.6. The normalized spacial score (nSPS) is 17.2. The topological polar surface area (TPSA) is 54.3 Å². The van der Waals surface area contributed by atoms with Crippen LogP contribution in [0.25, 0.3) is 0 Å². The zero-order valence-electron chi connectivity index (χ0n) is 14.7. The predicted molar refractivity (Wildman–Crippen MR) is 99.3 cm³/mol. The summed E-state index contributed by atoms with van der Waals surface area (Å²) in [5, 5.41) is 3.59.